The summed E-state index contributed by atoms with van der Waals surface area (Å²) in [6.45, 7) is 0. The fourth-order valence-corrected chi connectivity index (χ4v) is 4.07. The zero-order valence-electron chi connectivity index (χ0n) is 19.8. The first-order valence-corrected chi connectivity index (χ1v) is 11.0. The number of carbonyl (C=O) groups is 3. The number of carbonyl (C=O) groups excluding carboxylic acids is 2. The number of fused-ring (bicyclic) bond motifs is 2. The molecule has 2 aliphatic rings. The van der Waals surface area contributed by atoms with Crippen molar-refractivity contribution in [3.63, 3.8) is 0 Å². The number of hydrogen-bond donors (Lipinski definition) is 3. The predicted molar refractivity (Wildman–Crippen MR) is 139 cm³/mol. The number of allylic oxidation sites excluding steroid dienone is 4. The Bertz CT molecular complexity index is 1520. The van der Waals surface area contributed by atoms with E-state index >= 15 is 0 Å². The summed E-state index contributed by atoms with van der Waals surface area (Å²) in [7, 11) is 0. The Morgan fingerprint density at radius 3 is 1.72 bits per heavy atom. The van der Waals surface area contributed by atoms with Crippen LogP contribution in [-0.4, -0.2) is 22.6 Å². The number of hydrogen-bond acceptors (Lipinski definition) is 5. The molecule has 0 fully saturated rings. The number of rotatable bonds is 5. The maximum atomic E-state index is 12.6. The van der Waals surface area contributed by atoms with Gasteiger partial charge in [-0.05, 0) is 52.6 Å². The average molecular weight is 525 g/mol. The van der Waals surface area contributed by atoms with Crippen LogP contribution >= 0.6 is 0 Å². The van der Waals surface area contributed by atoms with Gasteiger partial charge in [-0.15, -0.1) is 0 Å². The van der Waals surface area contributed by atoms with Crippen LogP contribution in [0.2, 0.25) is 0 Å². The van der Waals surface area contributed by atoms with Crippen LogP contribution in [0.1, 0.15) is 34.0 Å². The molecule has 0 heterocycles. The Morgan fingerprint density at radius 2 is 1.19 bits per heavy atom. The molecule has 7 heteroatoms. The van der Waals surface area contributed by atoms with Crippen LogP contribution in [0, 0.1) is 0 Å². The van der Waals surface area contributed by atoms with Crippen LogP contribution in [0.25, 0.3) is 23.3 Å². The normalized spacial score (nSPS) is 15.8. The summed E-state index contributed by atoms with van der Waals surface area (Å²) in [5.74, 6) is -1.36. The molecule has 0 saturated carbocycles. The summed E-state index contributed by atoms with van der Waals surface area (Å²) in [6.07, 6.45) is 9.77. The maximum absolute atomic E-state index is 12.6. The predicted octanol–water partition coefficient (Wildman–Crippen LogP) is 5.59. The van der Waals surface area contributed by atoms with E-state index in [1.807, 2.05) is 48.5 Å². The Hall–Kier alpha value is -4.45. The fraction of sp³-hybridized carbons (Fsp3) is 0. The van der Waals surface area contributed by atoms with Crippen molar-refractivity contribution < 1.29 is 38.0 Å². The maximum Gasteiger partial charge on any atom is 1.00 e. The molecule has 3 aromatic carbocycles. The zero-order chi connectivity index (χ0) is 24.4. The summed E-state index contributed by atoms with van der Waals surface area (Å²) in [5, 5.41) is 15.7. The number of aromatic carboxylic acids is 1. The number of anilines is 2. The molecule has 181 valence electrons. The number of benzene rings is 3. The first kappa shape index (κ1) is 24.7. The summed E-state index contributed by atoms with van der Waals surface area (Å²) in [6, 6.07) is 19.7. The minimum absolute atomic E-state index is 0. The van der Waals surface area contributed by atoms with Gasteiger partial charge in [-0.1, -0.05) is 60.7 Å². The summed E-state index contributed by atoms with van der Waals surface area (Å²) in [5.41, 5.74) is 5.49. The molecule has 1 radical (unpaired) electrons. The van der Waals surface area contributed by atoms with E-state index in [1.165, 1.54) is 24.3 Å². The molecular formula is C29H21CuN2O4+. The van der Waals surface area contributed by atoms with Crippen LogP contribution in [0.3, 0.4) is 0 Å². The molecule has 2 aliphatic carbocycles. The van der Waals surface area contributed by atoms with Crippen LogP contribution in [0.15, 0.2) is 91.3 Å². The largest absolute Gasteiger partial charge is 1.00 e. The van der Waals surface area contributed by atoms with Crippen molar-refractivity contribution >= 4 is 52.2 Å². The van der Waals surface area contributed by atoms with E-state index in [4.69, 9.17) is 0 Å². The Kier molecular flexibility index (Phi) is 7.15. The van der Waals surface area contributed by atoms with Gasteiger partial charge in [-0.2, -0.15) is 0 Å². The molecular weight excluding hydrogens is 504 g/mol. The molecule has 0 bridgehead atoms. The van der Waals surface area contributed by atoms with E-state index < -0.39 is 5.97 Å². The average Bonchev–Trinajstić information content (AvgIpc) is 2.88. The molecule has 36 heavy (non-hydrogen) atoms. The monoisotopic (exact) mass is 524 g/mol. The van der Waals surface area contributed by atoms with E-state index in [1.54, 1.807) is 30.6 Å². The van der Waals surface area contributed by atoms with Gasteiger partial charge in [-0.25, -0.2) is 4.79 Å². The van der Waals surface area contributed by atoms with Crippen molar-refractivity contribution in [2.75, 3.05) is 10.6 Å². The van der Waals surface area contributed by atoms with Crippen molar-refractivity contribution in [1.29, 1.82) is 0 Å². The molecule has 6 nitrogen and oxygen atoms in total. The van der Waals surface area contributed by atoms with Gasteiger partial charge < -0.3 is 15.7 Å². The molecule has 3 N–H and O–H groups in total. The summed E-state index contributed by atoms with van der Waals surface area (Å²) in [4.78, 5) is 36.7. The molecule has 5 rings (SSSR count). The Balaban J connectivity index is 0.00000190. The number of ketones is 2. The van der Waals surface area contributed by atoms with Crippen LogP contribution < -0.4 is 10.6 Å². The first-order chi connectivity index (χ1) is 17.0. The van der Waals surface area contributed by atoms with Crippen molar-refractivity contribution in [3.8, 4) is 0 Å². The van der Waals surface area contributed by atoms with Gasteiger partial charge in [0.15, 0.2) is 11.6 Å². The van der Waals surface area contributed by atoms with Gasteiger partial charge in [-0.3, -0.25) is 9.59 Å². The topological polar surface area (TPSA) is 95.5 Å². The molecule has 0 unspecified atom stereocenters. The van der Waals surface area contributed by atoms with Crippen molar-refractivity contribution in [2.24, 2.45) is 0 Å². The standard InChI is InChI=1S/C29H20N2O4.Cu/c32-27-13-10-18-5-1-3-7-21(18)23(27)16-30-25-12-9-20(29(34)35)15-26(25)31-17-24-22-8-4-2-6-19(22)11-14-28(24)33;/h1-17,30-31H,(H,34,35);/p+1/b23-16-,24-17-;. The van der Waals surface area contributed by atoms with E-state index in [-0.39, 0.29) is 35.6 Å². The van der Waals surface area contributed by atoms with Gasteiger partial charge in [0.2, 0.25) is 0 Å². The molecule has 0 saturated heterocycles. The van der Waals surface area contributed by atoms with Crippen LogP contribution in [0.5, 0.6) is 0 Å². The molecule has 0 aliphatic heterocycles. The van der Waals surface area contributed by atoms with Crippen LogP contribution in [0.4, 0.5) is 11.4 Å². The van der Waals surface area contributed by atoms with Gasteiger partial charge in [0.25, 0.3) is 0 Å². The third-order valence-corrected chi connectivity index (χ3v) is 5.87. The summed E-state index contributed by atoms with van der Waals surface area (Å²) < 4.78 is 0. The third-order valence-electron chi connectivity index (χ3n) is 5.87. The second kappa shape index (κ2) is 10.4. The van der Waals surface area contributed by atoms with Crippen LogP contribution in [-0.2, 0) is 26.7 Å². The van der Waals surface area contributed by atoms with Gasteiger partial charge in [0.1, 0.15) is 0 Å². The second-order valence-corrected chi connectivity index (χ2v) is 8.04. The smallest absolute Gasteiger partial charge is 0.478 e. The first-order valence-electron chi connectivity index (χ1n) is 11.0. The molecule has 3 aromatic rings. The third kappa shape index (κ3) is 4.84. The molecule has 0 spiro atoms. The van der Waals surface area contributed by atoms with E-state index in [2.05, 4.69) is 10.6 Å². The second-order valence-electron chi connectivity index (χ2n) is 8.04. The van der Waals surface area contributed by atoms with Gasteiger partial charge >= 0.3 is 7.40 Å². The zero-order valence-corrected chi connectivity index (χ0v) is 19.7. The SMILES string of the molecule is O=C1C=Cc2ccccc2/C1=C/Nc1ccc(C(=O)O)cc1N/C=C1\C(=O)C=Cc2ccccc21.[Cu].[H+]. The Morgan fingerprint density at radius 1 is 0.694 bits per heavy atom. The van der Waals surface area contributed by atoms with E-state index in [9.17, 15) is 19.5 Å². The van der Waals surface area contributed by atoms with Crippen molar-refractivity contribution in [2.45, 2.75) is 0 Å². The van der Waals surface area contributed by atoms with Crippen molar-refractivity contribution in [3.05, 3.63) is 119 Å². The number of nitrogens with one attached hydrogen (secondary N) is 2. The summed E-state index contributed by atoms with van der Waals surface area (Å²) >= 11 is 0. The molecule has 0 aromatic heterocycles. The van der Waals surface area contributed by atoms with Gasteiger partial charge in [0, 0.05) is 40.6 Å². The fourth-order valence-electron chi connectivity index (χ4n) is 4.07. The number of carboxylic acids is 1. The van der Waals surface area contributed by atoms with Crippen molar-refractivity contribution in [1.82, 2.24) is 0 Å². The quantitative estimate of drug-likeness (QED) is 0.297. The molecule has 0 atom stereocenters. The van der Waals surface area contributed by atoms with E-state index in [0.29, 0.717) is 22.5 Å². The minimum Gasteiger partial charge on any atom is -0.478 e. The minimum atomic E-state index is -1.07. The van der Waals surface area contributed by atoms with E-state index in [0.717, 1.165) is 22.3 Å². The Labute approximate surface area is 219 Å². The van der Waals surface area contributed by atoms with Gasteiger partial charge in [0.05, 0.1) is 16.9 Å². The number of carboxylic acid groups (broad SMARTS) is 1. The molecule has 0 amide bonds.